The summed E-state index contributed by atoms with van der Waals surface area (Å²) < 4.78 is 31.4. The summed E-state index contributed by atoms with van der Waals surface area (Å²) >= 11 is 0. The molecule has 6 nitrogen and oxygen atoms in total. The molecule has 1 unspecified atom stereocenters. The maximum absolute atomic E-state index is 12.7. The Bertz CT molecular complexity index is 648. The van der Waals surface area contributed by atoms with E-state index in [1.54, 1.807) is 6.92 Å². The number of ether oxygens (including phenoxy) is 1. The molecule has 2 rings (SSSR count). The molecule has 1 heterocycles. The van der Waals surface area contributed by atoms with Gasteiger partial charge in [-0.3, -0.25) is 0 Å². The van der Waals surface area contributed by atoms with E-state index in [1.807, 2.05) is 0 Å². The predicted octanol–water partition coefficient (Wildman–Crippen LogP) is 1.32. The number of hydrogen-bond donors (Lipinski definition) is 1. The minimum atomic E-state index is -3.57. The van der Waals surface area contributed by atoms with Gasteiger partial charge >= 0.3 is 5.97 Å². The molecule has 1 atom stereocenters. The second kappa shape index (κ2) is 7.41. The van der Waals surface area contributed by atoms with Crippen molar-refractivity contribution in [1.82, 2.24) is 4.31 Å². The number of methoxy groups -OCH3 is 1. The minimum Gasteiger partial charge on any atom is -0.465 e. The summed E-state index contributed by atoms with van der Waals surface area (Å²) in [7, 11) is -2.28. The fourth-order valence-electron chi connectivity index (χ4n) is 2.52. The third kappa shape index (κ3) is 3.78. The SMILES string of the molecule is COC(=O)c1ccc(S(=O)(=O)N2CCCC(N)C2)c(C)c1.Cl. The number of carbonyl (C=O) groups is 1. The first kappa shape index (κ1) is 18.9. The van der Waals surface area contributed by atoms with E-state index in [0.717, 1.165) is 12.8 Å². The van der Waals surface area contributed by atoms with Gasteiger partial charge in [0.05, 0.1) is 17.6 Å². The van der Waals surface area contributed by atoms with Crippen LogP contribution in [0.15, 0.2) is 23.1 Å². The van der Waals surface area contributed by atoms with Gasteiger partial charge in [0, 0.05) is 19.1 Å². The standard InChI is InChI=1S/C14H20N2O4S.ClH/c1-10-8-11(14(17)20-2)5-6-13(10)21(18,19)16-7-3-4-12(15)9-16;/h5-6,8,12H,3-4,7,9,15H2,1-2H3;1H. The molecule has 1 saturated heterocycles. The fourth-order valence-corrected chi connectivity index (χ4v) is 4.26. The number of nitrogens with two attached hydrogens (primary N) is 1. The number of sulfonamides is 1. The molecule has 1 fully saturated rings. The van der Waals surface area contributed by atoms with Crippen molar-refractivity contribution in [3.05, 3.63) is 29.3 Å². The van der Waals surface area contributed by atoms with Crippen LogP contribution in [0.1, 0.15) is 28.8 Å². The second-order valence-corrected chi connectivity index (χ2v) is 7.14. The van der Waals surface area contributed by atoms with E-state index < -0.39 is 16.0 Å². The van der Waals surface area contributed by atoms with Crippen molar-refractivity contribution in [2.24, 2.45) is 5.73 Å². The molecule has 124 valence electrons. The van der Waals surface area contributed by atoms with Crippen LogP contribution in [0, 0.1) is 6.92 Å². The number of hydrogen-bond acceptors (Lipinski definition) is 5. The number of benzene rings is 1. The van der Waals surface area contributed by atoms with Crippen LogP contribution < -0.4 is 5.73 Å². The van der Waals surface area contributed by atoms with Gasteiger partial charge in [0.1, 0.15) is 0 Å². The monoisotopic (exact) mass is 348 g/mol. The Labute approximate surface area is 137 Å². The number of piperidine rings is 1. The summed E-state index contributed by atoms with van der Waals surface area (Å²) in [6.45, 7) is 2.48. The van der Waals surface area contributed by atoms with Crippen molar-refractivity contribution in [1.29, 1.82) is 0 Å². The molecule has 0 aliphatic carbocycles. The average Bonchev–Trinajstić information content (AvgIpc) is 2.46. The van der Waals surface area contributed by atoms with Gasteiger partial charge in [-0.15, -0.1) is 12.4 Å². The molecule has 2 N–H and O–H groups in total. The molecule has 1 aromatic rings. The molecular formula is C14H21ClN2O4S. The van der Waals surface area contributed by atoms with E-state index in [0.29, 0.717) is 24.2 Å². The molecule has 8 heteroatoms. The maximum atomic E-state index is 12.7. The van der Waals surface area contributed by atoms with Crippen LogP contribution in [0.25, 0.3) is 0 Å². The van der Waals surface area contributed by atoms with E-state index >= 15 is 0 Å². The zero-order valence-corrected chi connectivity index (χ0v) is 14.2. The highest BCUT2D eigenvalue weighted by molar-refractivity contribution is 7.89. The number of carbonyl (C=O) groups excluding carboxylic acids is 1. The maximum Gasteiger partial charge on any atom is 0.337 e. The van der Waals surface area contributed by atoms with Crippen LogP contribution in [0.2, 0.25) is 0 Å². The number of esters is 1. The smallest absolute Gasteiger partial charge is 0.337 e. The normalized spacial score (nSPS) is 19.3. The van der Waals surface area contributed by atoms with E-state index in [-0.39, 0.29) is 23.3 Å². The number of halogens is 1. The van der Waals surface area contributed by atoms with Crippen LogP contribution in [0.5, 0.6) is 0 Å². The van der Waals surface area contributed by atoms with Gasteiger partial charge < -0.3 is 10.5 Å². The van der Waals surface area contributed by atoms with Gasteiger partial charge in [0.2, 0.25) is 10.0 Å². The van der Waals surface area contributed by atoms with Gasteiger partial charge in [-0.25, -0.2) is 13.2 Å². The third-order valence-corrected chi connectivity index (χ3v) is 5.66. The highest BCUT2D eigenvalue weighted by Crippen LogP contribution is 2.24. The lowest BCUT2D eigenvalue weighted by molar-refractivity contribution is 0.0600. The predicted molar refractivity (Wildman–Crippen MR) is 85.7 cm³/mol. The van der Waals surface area contributed by atoms with E-state index in [4.69, 9.17) is 5.73 Å². The summed E-state index contributed by atoms with van der Waals surface area (Å²) in [6.07, 6.45) is 1.60. The van der Waals surface area contributed by atoms with E-state index in [2.05, 4.69) is 4.74 Å². The largest absolute Gasteiger partial charge is 0.465 e. The highest BCUT2D eigenvalue weighted by atomic mass is 35.5. The first-order valence-corrected chi connectivity index (χ1v) is 8.25. The Kier molecular flexibility index (Phi) is 6.37. The summed E-state index contributed by atoms with van der Waals surface area (Å²) in [5, 5.41) is 0. The third-order valence-electron chi connectivity index (χ3n) is 3.63. The Hall–Kier alpha value is -1.15. The minimum absolute atomic E-state index is 0. The van der Waals surface area contributed by atoms with Gasteiger partial charge in [-0.1, -0.05) is 0 Å². The van der Waals surface area contributed by atoms with Gasteiger partial charge in [-0.2, -0.15) is 4.31 Å². The molecule has 1 aliphatic rings. The van der Waals surface area contributed by atoms with Crippen LogP contribution in [0.4, 0.5) is 0 Å². The van der Waals surface area contributed by atoms with Crippen molar-refractivity contribution < 1.29 is 17.9 Å². The van der Waals surface area contributed by atoms with Crippen LogP contribution >= 0.6 is 12.4 Å². The quantitative estimate of drug-likeness (QED) is 0.832. The zero-order valence-electron chi connectivity index (χ0n) is 12.6. The van der Waals surface area contributed by atoms with Gasteiger partial charge in [0.25, 0.3) is 0 Å². The lowest BCUT2D eigenvalue weighted by atomic mass is 10.1. The molecule has 1 aliphatic heterocycles. The molecule has 22 heavy (non-hydrogen) atoms. The Morgan fingerprint density at radius 2 is 2.09 bits per heavy atom. The molecule has 0 radical (unpaired) electrons. The number of aryl methyl sites for hydroxylation is 1. The molecule has 1 aromatic carbocycles. The van der Waals surface area contributed by atoms with E-state index in [1.165, 1.54) is 29.6 Å². The van der Waals surface area contributed by atoms with Crippen molar-refractivity contribution in [2.45, 2.75) is 30.7 Å². The number of rotatable bonds is 3. The van der Waals surface area contributed by atoms with Gasteiger partial charge in [0.15, 0.2) is 0 Å². The Balaban J connectivity index is 0.00000242. The molecule has 0 aromatic heterocycles. The molecular weight excluding hydrogens is 328 g/mol. The molecule has 0 amide bonds. The lowest BCUT2D eigenvalue weighted by Gasteiger charge is -2.30. The fraction of sp³-hybridized carbons (Fsp3) is 0.500. The zero-order chi connectivity index (χ0) is 15.6. The topological polar surface area (TPSA) is 89.7 Å². The van der Waals surface area contributed by atoms with E-state index in [9.17, 15) is 13.2 Å². The Morgan fingerprint density at radius 1 is 1.41 bits per heavy atom. The van der Waals surface area contributed by atoms with Crippen molar-refractivity contribution in [2.75, 3.05) is 20.2 Å². The second-order valence-electron chi connectivity index (χ2n) is 5.24. The number of nitrogens with zero attached hydrogens (tertiary/aromatic N) is 1. The summed E-state index contributed by atoms with van der Waals surface area (Å²) in [5.74, 6) is -0.484. The van der Waals surface area contributed by atoms with Crippen LogP contribution in [0.3, 0.4) is 0 Å². The van der Waals surface area contributed by atoms with Crippen molar-refractivity contribution >= 4 is 28.4 Å². The summed E-state index contributed by atoms with van der Waals surface area (Å²) in [6, 6.07) is 4.33. The first-order chi connectivity index (χ1) is 9.86. The summed E-state index contributed by atoms with van der Waals surface area (Å²) in [4.78, 5) is 11.7. The molecule has 0 saturated carbocycles. The lowest BCUT2D eigenvalue weighted by Crippen LogP contribution is -2.45. The average molecular weight is 349 g/mol. The van der Waals surface area contributed by atoms with Gasteiger partial charge in [-0.05, 0) is 43.5 Å². The van der Waals surface area contributed by atoms with Crippen molar-refractivity contribution in [3.63, 3.8) is 0 Å². The van der Waals surface area contributed by atoms with Crippen LogP contribution in [-0.2, 0) is 14.8 Å². The highest BCUT2D eigenvalue weighted by Gasteiger charge is 2.30. The first-order valence-electron chi connectivity index (χ1n) is 6.81. The van der Waals surface area contributed by atoms with Crippen molar-refractivity contribution in [3.8, 4) is 0 Å². The van der Waals surface area contributed by atoms with Crippen LogP contribution in [-0.4, -0.2) is 44.9 Å². The molecule has 0 bridgehead atoms. The Morgan fingerprint density at radius 3 is 2.64 bits per heavy atom. The summed E-state index contributed by atoms with van der Waals surface area (Å²) in [5.41, 5.74) is 6.71. The molecule has 0 spiro atoms.